The predicted molar refractivity (Wildman–Crippen MR) is 91.7 cm³/mol. The lowest BCUT2D eigenvalue weighted by atomic mass is 9.96. The predicted octanol–water partition coefficient (Wildman–Crippen LogP) is -2.63. The van der Waals surface area contributed by atoms with E-state index in [1.54, 1.807) is 0 Å². The molecule has 0 aromatic rings. The number of carbonyl (C=O) groups excluding carboxylic acids is 2. The van der Waals surface area contributed by atoms with Crippen molar-refractivity contribution in [3.63, 3.8) is 0 Å². The normalized spacial score (nSPS) is 17.6. The summed E-state index contributed by atoms with van der Waals surface area (Å²) < 4.78 is 4.92. The standard InChI is InChI=1S/C16H30N2O8/c1-4-5-6-17-16(25)12(26-3)7-10(21)13(18-9(2)20)15(24)14(23)11(22)8-19/h7,10-11,13-15,19,21-24H,4-6,8H2,1-3H3,(H,17,25)(H,18,20)/b12-7-/t10-,11-,13+,14+,15+/m0/s1. The third-order valence-electron chi connectivity index (χ3n) is 3.62. The summed E-state index contributed by atoms with van der Waals surface area (Å²) >= 11 is 0. The maximum absolute atomic E-state index is 12.0. The fraction of sp³-hybridized carbons (Fsp3) is 0.750. The second-order valence-corrected chi connectivity index (χ2v) is 5.79. The van der Waals surface area contributed by atoms with Gasteiger partial charge in [-0.3, -0.25) is 9.59 Å². The largest absolute Gasteiger partial charge is 0.491 e. The molecule has 0 fully saturated rings. The van der Waals surface area contributed by atoms with Crippen LogP contribution in [0.15, 0.2) is 11.8 Å². The van der Waals surface area contributed by atoms with Gasteiger partial charge in [-0.2, -0.15) is 0 Å². The van der Waals surface area contributed by atoms with Gasteiger partial charge in [-0.1, -0.05) is 13.3 Å². The third kappa shape index (κ3) is 8.11. The smallest absolute Gasteiger partial charge is 0.286 e. The van der Waals surface area contributed by atoms with Crippen molar-refractivity contribution in [1.29, 1.82) is 0 Å². The van der Waals surface area contributed by atoms with E-state index in [1.807, 2.05) is 6.92 Å². The summed E-state index contributed by atoms with van der Waals surface area (Å²) in [5, 5.41) is 53.3. The Hall–Kier alpha value is -1.72. The molecular formula is C16H30N2O8. The quantitative estimate of drug-likeness (QED) is 0.110. The summed E-state index contributed by atoms with van der Waals surface area (Å²) in [5.74, 6) is -1.46. The fourth-order valence-corrected chi connectivity index (χ4v) is 2.12. The lowest BCUT2D eigenvalue weighted by Gasteiger charge is -2.31. The Labute approximate surface area is 152 Å². The highest BCUT2D eigenvalue weighted by Gasteiger charge is 2.35. The van der Waals surface area contributed by atoms with Crippen molar-refractivity contribution in [3.8, 4) is 0 Å². The SMILES string of the molecule is CCCCNC(=O)/C(=C/[C@H](O)[C@@H](NC(C)=O)[C@@H](O)[C@H](O)[C@@H](O)CO)OC. The van der Waals surface area contributed by atoms with Gasteiger partial charge in [-0.15, -0.1) is 0 Å². The molecule has 2 amide bonds. The molecule has 0 aromatic heterocycles. The van der Waals surface area contributed by atoms with E-state index >= 15 is 0 Å². The molecule has 0 rings (SSSR count). The number of amides is 2. The lowest BCUT2D eigenvalue weighted by Crippen LogP contribution is -2.57. The lowest BCUT2D eigenvalue weighted by molar-refractivity contribution is -0.126. The van der Waals surface area contributed by atoms with Crippen LogP contribution in [0.25, 0.3) is 0 Å². The van der Waals surface area contributed by atoms with Crippen molar-refractivity contribution in [2.75, 3.05) is 20.3 Å². The van der Waals surface area contributed by atoms with Gasteiger partial charge < -0.3 is 40.9 Å². The first kappa shape index (κ1) is 24.3. The molecule has 0 saturated carbocycles. The second-order valence-electron chi connectivity index (χ2n) is 5.79. The number of hydrogen-bond donors (Lipinski definition) is 7. The Kier molecular flexibility index (Phi) is 11.8. The van der Waals surface area contributed by atoms with Crippen LogP contribution >= 0.6 is 0 Å². The first-order chi connectivity index (χ1) is 12.2. The number of ether oxygens (including phenoxy) is 1. The zero-order chi connectivity index (χ0) is 20.3. The van der Waals surface area contributed by atoms with E-state index in [4.69, 9.17) is 9.84 Å². The minimum Gasteiger partial charge on any atom is -0.491 e. The average Bonchev–Trinajstić information content (AvgIpc) is 2.61. The molecule has 0 radical (unpaired) electrons. The van der Waals surface area contributed by atoms with Crippen molar-refractivity contribution in [3.05, 3.63) is 11.8 Å². The summed E-state index contributed by atoms with van der Waals surface area (Å²) in [6.45, 7) is 2.65. The topological polar surface area (TPSA) is 169 Å². The Morgan fingerprint density at radius 3 is 2.23 bits per heavy atom. The molecule has 7 N–H and O–H groups in total. The van der Waals surface area contributed by atoms with E-state index < -0.39 is 48.9 Å². The van der Waals surface area contributed by atoms with Crippen LogP contribution in [0.2, 0.25) is 0 Å². The highest BCUT2D eigenvalue weighted by atomic mass is 16.5. The minimum atomic E-state index is -1.84. The molecule has 5 atom stereocenters. The van der Waals surface area contributed by atoms with Crippen molar-refractivity contribution < 1.29 is 39.9 Å². The molecule has 0 aliphatic carbocycles. The monoisotopic (exact) mass is 378 g/mol. The Morgan fingerprint density at radius 1 is 1.15 bits per heavy atom. The van der Waals surface area contributed by atoms with Gasteiger partial charge in [0.1, 0.15) is 18.3 Å². The van der Waals surface area contributed by atoms with E-state index in [-0.39, 0.29) is 5.76 Å². The summed E-state index contributed by atoms with van der Waals surface area (Å²) in [6.07, 6.45) is -4.38. The molecule has 0 aromatic carbocycles. The number of nitrogens with one attached hydrogen (secondary N) is 2. The average molecular weight is 378 g/mol. The van der Waals surface area contributed by atoms with Gasteiger partial charge in [-0.25, -0.2) is 0 Å². The maximum atomic E-state index is 12.0. The highest BCUT2D eigenvalue weighted by Crippen LogP contribution is 2.12. The van der Waals surface area contributed by atoms with Gasteiger partial charge in [0, 0.05) is 13.5 Å². The van der Waals surface area contributed by atoms with E-state index in [1.165, 1.54) is 7.11 Å². The molecular weight excluding hydrogens is 348 g/mol. The molecule has 0 spiro atoms. The van der Waals surface area contributed by atoms with Crippen LogP contribution in [0, 0.1) is 0 Å². The fourth-order valence-electron chi connectivity index (χ4n) is 2.12. The second kappa shape index (κ2) is 12.6. The molecule has 0 aliphatic rings. The number of rotatable bonds is 12. The first-order valence-corrected chi connectivity index (χ1v) is 8.33. The zero-order valence-electron chi connectivity index (χ0n) is 15.3. The van der Waals surface area contributed by atoms with Gasteiger partial charge in [0.05, 0.1) is 25.9 Å². The summed E-state index contributed by atoms with van der Waals surface area (Å²) in [6, 6.07) is -1.46. The van der Waals surface area contributed by atoms with Crippen molar-refractivity contribution in [2.45, 2.75) is 57.1 Å². The number of hydrogen-bond acceptors (Lipinski definition) is 8. The van der Waals surface area contributed by atoms with Gasteiger partial charge in [0.2, 0.25) is 5.91 Å². The highest BCUT2D eigenvalue weighted by molar-refractivity contribution is 5.91. The van der Waals surface area contributed by atoms with Crippen LogP contribution < -0.4 is 10.6 Å². The zero-order valence-corrected chi connectivity index (χ0v) is 15.3. The molecule has 0 heterocycles. The molecule has 0 unspecified atom stereocenters. The molecule has 26 heavy (non-hydrogen) atoms. The van der Waals surface area contributed by atoms with Crippen molar-refractivity contribution in [1.82, 2.24) is 10.6 Å². The maximum Gasteiger partial charge on any atom is 0.286 e. The van der Waals surface area contributed by atoms with Crippen molar-refractivity contribution >= 4 is 11.8 Å². The van der Waals surface area contributed by atoms with Crippen LogP contribution in [0.3, 0.4) is 0 Å². The molecule has 152 valence electrons. The molecule has 0 aliphatic heterocycles. The Bertz CT molecular complexity index is 471. The van der Waals surface area contributed by atoms with E-state index in [0.29, 0.717) is 6.54 Å². The summed E-state index contributed by atoms with van der Waals surface area (Å²) in [5.41, 5.74) is 0. The van der Waals surface area contributed by atoms with Crippen LogP contribution in [0.5, 0.6) is 0 Å². The van der Waals surface area contributed by atoms with Crippen molar-refractivity contribution in [2.24, 2.45) is 0 Å². The minimum absolute atomic E-state index is 0.242. The van der Waals surface area contributed by atoms with Gasteiger partial charge >= 0.3 is 0 Å². The van der Waals surface area contributed by atoms with Gasteiger partial charge in [0.25, 0.3) is 5.91 Å². The van der Waals surface area contributed by atoms with E-state index in [2.05, 4.69) is 10.6 Å². The third-order valence-corrected chi connectivity index (χ3v) is 3.62. The van der Waals surface area contributed by atoms with Crippen LogP contribution in [0.4, 0.5) is 0 Å². The number of unbranched alkanes of at least 4 members (excludes halogenated alkanes) is 1. The number of aliphatic hydroxyl groups excluding tert-OH is 5. The first-order valence-electron chi connectivity index (χ1n) is 8.33. The molecule has 10 heteroatoms. The van der Waals surface area contributed by atoms with Crippen LogP contribution in [0.1, 0.15) is 26.7 Å². The number of methoxy groups -OCH3 is 1. The van der Waals surface area contributed by atoms with Crippen LogP contribution in [-0.2, 0) is 14.3 Å². The van der Waals surface area contributed by atoms with Gasteiger partial charge in [0.15, 0.2) is 5.76 Å². The van der Waals surface area contributed by atoms with E-state index in [9.17, 15) is 30.0 Å². The summed E-state index contributed by atoms with van der Waals surface area (Å²) in [4.78, 5) is 23.3. The number of carbonyl (C=O) groups is 2. The molecule has 0 bridgehead atoms. The number of aliphatic hydroxyl groups is 5. The Balaban J connectivity index is 5.33. The molecule has 0 saturated heterocycles. The van der Waals surface area contributed by atoms with Crippen LogP contribution in [-0.4, -0.2) is 88.1 Å². The van der Waals surface area contributed by atoms with E-state index in [0.717, 1.165) is 25.8 Å². The molecule has 10 nitrogen and oxygen atoms in total. The Morgan fingerprint density at radius 2 is 1.77 bits per heavy atom. The van der Waals surface area contributed by atoms with Gasteiger partial charge in [-0.05, 0) is 12.5 Å². The summed E-state index contributed by atoms with van der Waals surface area (Å²) in [7, 11) is 1.21.